The van der Waals surface area contributed by atoms with Crippen LogP contribution in [0.3, 0.4) is 0 Å². The molecule has 0 aromatic heterocycles. The second-order valence-corrected chi connectivity index (χ2v) is 5.61. The topological polar surface area (TPSA) is 39.1 Å². The molecule has 3 heteroatoms. The van der Waals surface area contributed by atoms with Crippen molar-refractivity contribution < 1.29 is 0 Å². The standard InChI is InChI=1S/C16H23N3/c1-13(2)18-16(10-17)12-19-9-5-8-14-6-3-4-7-15(14)11-19/h3-4,6-7,13,16,18H,5,8-9,11-12H2,1-2H3. The van der Waals surface area contributed by atoms with Crippen molar-refractivity contribution in [2.75, 3.05) is 13.1 Å². The molecule has 1 aromatic carbocycles. The molecule has 3 nitrogen and oxygen atoms in total. The van der Waals surface area contributed by atoms with E-state index in [1.807, 2.05) is 0 Å². The third-order valence-corrected chi connectivity index (χ3v) is 3.56. The fraction of sp³-hybridized carbons (Fsp3) is 0.562. The van der Waals surface area contributed by atoms with Gasteiger partial charge >= 0.3 is 0 Å². The zero-order chi connectivity index (χ0) is 13.7. The van der Waals surface area contributed by atoms with Gasteiger partial charge in [0.1, 0.15) is 6.04 Å². The van der Waals surface area contributed by atoms with Gasteiger partial charge in [-0.1, -0.05) is 24.3 Å². The Morgan fingerprint density at radius 1 is 1.32 bits per heavy atom. The molecule has 1 unspecified atom stereocenters. The van der Waals surface area contributed by atoms with Crippen molar-refractivity contribution in [2.45, 2.75) is 45.3 Å². The summed E-state index contributed by atoms with van der Waals surface area (Å²) in [6, 6.07) is 11.3. The summed E-state index contributed by atoms with van der Waals surface area (Å²) in [6.07, 6.45) is 2.33. The molecule has 2 rings (SSSR count). The molecule has 1 aliphatic rings. The Labute approximate surface area is 116 Å². The van der Waals surface area contributed by atoms with Gasteiger partial charge in [0.15, 0.2) is 0 Å². The van der Waals surface area contributed by atoms with E-state index in [1.54, 1.807) is 0 Å². The summed E-state index contributed by atoms with van der Waals surface area (Å²) in [4.78, 5) is 2.40. The summed E-state index contributed by atoms with van der Waals surface area (Å²) in [7, 11) is 0. The minimum Gasteiger partial charge on any atom is -0.299 e. The van der Waals surface area contributed by atoms with Crippen molar-refractivity contribution in [1.29, 1.82) is 5.26 Å². The molecule has 0 fully saturated rings. The number of benzene rings is 1. The fourth-order valence-corrected chi connectivity index (χ4v) is 2.72. The summed E-state index contributed by atoms with van der Waals surface area (Å²) in [5, 5.41) is 12.6. The van der Waals surface area contributed by atoms with E-state index in [-0.39, 0.29) is 6.04 Å². The number of nitrogens with zero attached hydrogens (tertiary/aromatic N) is 2. The molecule has 0 spiro atoms. The van der Waals surface area contributed by atoms with Crippen molar-refractivity contribution in [1.82, 2.24) is 10.2 Å². The average Bonchev–Trinajstić information content (AvgIpc) is 2.59. The smallest absolute Gasteiger partial charge is 0.108 e. The van der Waals surface area contributed by atoms with Crippen LogP contribution in [0.15, 0.2) is 24.3 Å². The lowest BCUT2D eigenvalue weighted by atomic mass is 10.0. The second-order valence-electron chi connectivity index (χ2n) is 5.61. The average molecular weight is 257 g/mol. The number of rotatable bonds is 4. The van der Waals surface area contributed by atoms with E-state index in [0.717, 1.165) is 26.1 Å². The van der Waals surface area contributed by atoms with E-state index in [2.05, 4.69) is 54.4 Å². The number of nitriles is 1. The number of fused-ring (bicyclic) bond motifs is 1. The Bertz CT molecular complexity index is 448. The molecule has 0 saturated carbocycles. The van der Waals surface area contributed by atoms with Crippen molar-refractivity contribution in [3.8, 4) is 6.07 Å². The highest BCUT2D eigenvalue weighted by molar-refractivity contribution is 5.28. The van der Waals surface area contributed by atoms with Gasteiger partial charge in [0.05, 0.1) is 6.07 Å². The molecule has 1 aliphatic heterocycles. The molecule has 1 N–H and O–H groups in total. The van der Waals surface area contributed by atoms with Gasteiger partial charge in [0.2, 0.25) is 0 Å². The molecule has 0 amide bonds. The van der Waals surface area contributed by atoms with Gasteiger partial charge in [-0.25, -0.2) is 0 Å². The minimum absolute atomic E-state index is 0.0785. The van der Waals surface area contributed by atoms with Crippen molar-refractivity contribution in [2.24, 2.45) is 0 Å². The predicted molar refractivity (Wildman–Crippen MR) is 77.7 cm³/mol. The first-order valence-corrected chi connectivity index (χ1v) is 7.14. The van der Waals surface area contributed by atoms with Crippen LogP contribution < -0.4 is 5.32 Å². The number of nitrogens with one attached hydrogen (secondary N) is 1. The van der Waals surface area contributed by atoms with Crippen molar-refractivity contribution >= 4 is 0 Å². The van der Waals surface area contributed by atoms with Crippen LogP contribution in [0.5, 0.6) is 0 Å². The van der Waals surface area contributed by atoms with Gasteiger partial charge in [-0.15, -0.1) is 0 Å². The van der Waals surface area contributed by atoms with Crippen LogP contribution in [-0.2, 0) is 13.0 Å². The molecule has 1 aromatic rings. The first-order chi connectivity index (χ1) is 9.19. The largest absolute Gasteiger partial charge is 0.299 e. The lowest BCUT2D eigenvalue weighted by Crippen LogP contribution is -2.42. The zero-order valence-electron chi connectivity index (χ0n) is 11.9. The van der Waals surface area contributed by atoms with Gasteiger partial charge in [-0.3, -0.25) is 10.2 Å². The molecule has 0 saturated heterocycles. The molecule has 19 heavy (non-hydrogen) atoms. The molecule has 1 heterocycles. The SMILES string of the molecule is CC(C)NC(C#N)CN1CCCc2ccccc2C1. The molecule has 102 valence electrons. The summed E-state index contributed by atoms with van der Waals surface area (Å²) >= 11 is 0. The van der Waals surface area contributed by atoms with Crippen LogP contribution in [0.2, 0.25) is 0 Å². The third-order valence-electron chi connectivity index (χ3n) is 3.56. The van der Waals surface area contributed by atoms with Gasteiger partial charge in [0, 0.05) is 19.1 Å². The van der Waals surface area contributed by atoms with E-state index in [4.69, 9.17) is 0 Å². The van der Waals surface area contributed by atoms with E-state index in [1.165, 1.54) is 17.5 Å². The first-order valence-electron chi connectivity index (χ1n) is 7.14. The van der Waals surface area contributed by atoms with E-state index in [9.17, 15) is 5.26 Å². The maximum atomic E-state index is 9.23. The Hall–Kier alpha value is -1.37. The normalized spacial score (nSPS) is 17.6. The van der Waals surface area contributed by atoms with Crippen LogP contribution >= 0.6 is 0 Å². The van der Waals surface area contributed by atoms with Crippen LogP contribution in [-0.4, -0.2) is 30.1 Å². The lowest BCUT2D eigenvalue weighted by Gasteiger charge is -2.24. The fourth-order valence-electron chi connectivity index (χ4n) is 2.72. The third kappa shape index (κ3) is 4.05. The monoisotopic (exact) mass is 257 g/mol. The predicted octanol–water partition coefficient (Wildman–Crippen LogP) is 2.32. The Morgan fingerprint density at radius 2 is 2.05 bits per heavy atom. The quantitative estimate of drug-likeness (QED) is 0.899. The second kappa shape index (κ2) is 6.70. The molecular weight excluding hydrogens is 234 g/mol. The molecular formula is C16H23N3. The van der Waals surface area contributed by atoms with Gasteiger partial charge < -0.3 is 0 Å². The van der Waals surface area contributed by atoms with Crippen LogP contribution in [0.25, 0.3) is 0 Å². The lowest BCUT2D eigenvalue weighted by molar-refractivity contribution is 0.249. The van der Waals surface area contributed by atoms with Crippen LogP contribution in [0.4, 0.5) is 0 Å². The maximum absolute atomic E-state index is 9.23. The number of aryl methyl sites for hydroxylation is 1. The summed E-state index contributed by atoms with van der Waals surface area (Å²) < 4.78 is 0. The van der Waals surface area contributed by atoms with Crippen molar-refractivity contribution in [3.63, 3.8) is 0 Å². The van der Waals surface area contributed by atoms with Gasteiger partial charge in [-0.05, 0) is 44.4 Å². The van der Waals surface area contributed by atoms with Crippen LogP contribution in [0.1, 0.15) is 31.4 Å². The first kappa shape index (κ1) is 14.0. The molecule has 0 radical (unpaired) electrons. The summed E-state index contributed by atoms with van der Waals surface area (Å²) in [5.74, 6) is 0. The molecule has 0 aliphatic carbocycles. The minimum atomic E-state index is -0.0785. The Morgan fingerprint density at radius 3 is 2.74 bits per heavy atom. The summed E-state index contributed by atoms with van der Waals surface area (Å²) in [6.45, 7) is 7.02. The van der Waals surface area contributed by atoms with Gasteiger partial charge in [0.25, 0.3) is 0 Å². The Balaban J connectivity index is 2.00. The molecule has 0 bridgehead atoms. The Kier molecular flexibility index (Phi) is 4.95. The van der Waals surface area contributed by atoms with E-state index >= 15 is 0 Å². The van der Waals surface area contributed by atoms with Crippen LogP contribution in [0, 0.1) is 11.3 Å². The van der Waals surface area contributed by atoms with E-state index in [0.29, 0.717) is 6.04 Å². The highest BCUT2D eigenvalue weighted by Crippen LogP contribution is 2.18. The number of hydrogen-bond acceptors (Lipinski definition) is 3. The summed E-state index contributed by atoms with van der Waals surface area (Å²) in [5.41, 5.74) is 2.89. The van der Waals surface area contributed by atoms with Gasteiger partial charge in [-0.2, -0.15) is 5.26 Å². The zero-order valence-corrected chi connectivity index (χ0v) is 11.9. The highest BCUT2D eigenvalue weighted by atomic mass is 15.2. The number of hydrogen-bond donors (Lipinski definition) is 1. The molecule has 1 atom stereocenters. The highest BCUT2D eigenvalue weighted by Gasteiger charge is 2.18. The maximum Gasteiger partial charge on any atom is 0.108 e. The van der Waals surface area contributed by atoms with E-state index < -0.39 is 0 Å². The van der Waals surface area contributed by atoms with Crippen molar-refractivity contribution in [3.05, 3.63) is 35.4 Å².